The summed E-state index contributed by atoms with van der Waals surface area (Å²) < 4.78 is 27.8. The van der Waals surface area contributed by atoms with Crippen LogP contribution >= 0.6 is 0 Å². The number of nitrogens with two attached hydrogens (primary N) is 1. The van der Waals surface area contributed by atoms with Gasteiger partial charge in [-0.05, 0) is 27.7 Å². The highest BCUT2D eigenvalue weighted by Gasteiger charge is 2.59. The normalized spacial score (nSPS) is 39.6. The third kappa shape index (κ3) is 2.69. The molecule has 0 aromatic heterocycles. The van der Waals surface area contributed by atoms with Crippen LogP contribution in [0.1, 0.15) is 27.7 Å². The smallest absolute Gasteiger partial charge is 0.404 e. The van der Waals surface area contributed by atoms with Crippen LogP contribution in [0.4, 0.5) is 4.79 Å². The summed E-state index contributed by atoms with van der Waals surface area (Å²) in [6, 6.07) is 0. The van der Waals surface area contributed by atoms with Crippen LogP contribution in [0.15, 0.2) is 0 Å². The van der Waals surface area contributed by atoms with E-state index in [1.54, 1.807) is 13.8 Å². The maximum Gasteiger partial charge on any atom is 0.404 e. The molecule has 2 N–H and O–H groups in total. The zero-order valence-electron chi connectivity index (χ0n) is 11.8. The van der Waals surface area contributed by atoms with Crippen molar-refractivity contribution in [3.63, 3.8) is 0 Å². The van der Waals surface area contributed by atoms with Gasteiger partial charge in [0.15, 0.2) is 24.3 Å². The number of primary amides is 1. The van der Waals surface area contributed by atoms with Gasteiger partial charge in [-0.15, -0.1) is 0 Å². The summed E-state index contributed by atoms with van der Waals surface area (Å²) >= 11 is 0. The number of fused-ring (bicyclic) bond motifs is 1. The minimum Gasteiger partial charge on any atom is -0.440 e. The van der Waals surface area contributed by atoms with Gasteiger partial charge in [-0.2, -0.15) is 0 Å². The molecule has 2 heterocycles. The fraction of sp³-hybridized carbons (Fsp3) is 0.917. The molecule has 2 fully saturated rings. The molecular formula is C12H21NO6. The Kier molecular flexibility index (Phi) is 3.51. The molecule has 0 radical (unpaired) electrons. The van der Waals surface area contributed by atoms with Crippen LogP contribution in [0.25, 0.3) is 0 Å². The highest BCUT2D eigenvalue weighted by atomic mass is 16.8. The summed E-state index contributed by atoms with van der Waals surface area (Å²) in [6.07, 6.45) is -3.25. The van der Waals surface area contributed by atoms with Gasteiger partial charge < -0.3 is 29.4 Å². The highest BCUT2D eigenvalue weighted by Crippen LogP contribution is 2.41. The minimum absolute atomic E-state index is 0.501. The summed E-state index contributed by atoms with van der Waals surface area (Å²) in [7, 11) is 1.52. The van der Waals surface area contributed by atoms with Gasteiger partial charge >= 0.3 is 6.09 Å². The predicted octanol–water partition coefficient (Wildman–Crippen LogP) is 0.752. The third-order valence-electron chi connectivity index (χ3n) is 3.32. The van der Waals surface area contributed by atoms with Crippen LogP contribution < -0.4 is 5.73 Å². The molecule has 4 atom stereocenters. The summed E-state index contributed by atoms with van der Waals surface area (Å²) in [6.45, 7) is 7.21. The number of hydrogen-bond acceptors (Lipinski definition) is 6. The van der Waals surface area contributed by atoms with Crippen molar-refractivity contribution >= 4 is 6.09 Å². The lowest BCUT2D eigenvalue weighted by molar-refractivity contribution is -0.286. The van der Waals surface area contributed by atoms with Gasteiger partial charge in [0.2, 0.25) is 0 Å². The van der Waals surface area contributed by atoms with E-state index in [0.29, 0.717) is 0 Å². The summed E-state index contributed by atoms with van der Waals surface area (Å²) in [5, 5.41) is 0. The van der Waals surface area contributed by atoms with Crippen molar-refractivity contribution in [2.45, 2.75) is 63.7 Å². The molecule has 0 spiro atoms. The lowest BCUT2D eigenvalue weighted by atomic mass is 9.89. The van der Waals surface area contributed by atoms with E-state index in [0.717, 1.165) is 0 Å². The van der Waals surface area contributed by atoms with E-state index in [-0.39, 0.29) is 0 Å². The second-order valence-electron chi connectivity index (χ2n) is 5.75. The molecule has 1 amide bonds. The number of ether oxygens (including phenoxy) is 5. The van der Waals surface area contributed by atoms with Crippen LogP contribution in [0.3, 0.4) is 0 Å². The van der Waals surface area contributed by atoms with Crippen molar-refractivity contribution in [1.82, 2.24) is 0 Å². The topological polar surface area (TPSA) is 89.2 Å². The average molecular weight is 275 g/mol. The fourth-order valence-corrected chi connectivity index (χ4v) is 2.69. The Labute approximate surface area is 112 Å². The monoisotopic (exact) mass is 275 g/mol. The molecule has 2 rings (SSSR count). The van der Waals surface area contributed by atoms with Gasteiger partial charge in [0, 0.05) is 7.11 Å². The van der Waals surface area contributed by atoms with Crippen LogP contribution in [0.2, 0.25) is 0 Å². The second kappa shape index (κ2) is 4.59. The Bertz CT molecular complexity index is 369. The summed E-state index contributed by atoms with van der Waals surface area (Å²) in [5.74, 6) is -0.812. The average Bonchev–Trinajstić information content (AvgIpc) is 2.50. The standard InChI is InChI=1S/C12H21NO6/c1-11(2)8(15-5)6(16-10(13)14)7-9(18-11)19-12(3,4)17-7/h6-9H,1-5H3,(H2,13,14)/t6?,7-,8-,9+/m1/s1. The Morgan fingerprint density at radius 3 is 2.32 bits per heavy atom. The molecule has 7 nitrogen and oxygen atoms in total. The predicted molar refractivity (Wildman–Crippen MR) is 64.2 cm³/mol. The minimum atomic E-state index is -0.878. The second-order valence-corrected chi connectivity index (χ2v) is 5.75. The van der Waals surface area contributed by atoms with Crippen LogP contribution in [-0.2, 0) is 23.7 Å². The zero-order valence-corrected chi connectivity index (χ0v) is 11.8. The molecule has 0 aromatic rings. The molecule has 110 valence electrons. The molecule has 7 heteroatoms. The molecule has 0 aromatic carbocycles. The van der Waals surface area contributed by atoms with Crippen molar-refractivity contribution in [3.05, 3.63) is 0 Å². The van der Waals surface area contributed by atoms with Gasteiger partial charge in [-0.25, -0.2) is 4.79 Å². The van der Waals surface area contributed by atoms with E-state index < -0.39 is 42.1 Å². The lowest BCUT2D eigenvalue weighted by Gasteiger charge is -2.45. The molecule has 1 unspecified atom stereocenters. The first-order valence-corrected chi connectivity index (χ1v) is 6.18. The molecule has 0 bridgehead atoms. The first-order valence-electron chi connectivity index (χ1n) is 6.18. The molecule has 2 aliphatic rings. The van der Waals surface area contributed by atoms with Gasteiger partial charge in [-0.3, -0.25) is 0 Å². The lowest BCUT2D eigenvalue weighted by Crippen LogP contribution is -2.63. The third-order valence-corrected chi connectivity index (χ3v) is 3.32. The molecule has 0 aliphatic carbocycles. The Balaban J connectivity index is 2.29. The molecular weight excluding hydrogens is 254 g/mol. The molecule has 19 heavy (non-hydrogen) atoms. The Morgan fingerprint density at radius 2 is 1.79 bits per heavy atom. The zero-order chi connectivity index (χ0) is 14.4. The van der Waals surface area contributed by atoms with Crippen molar-refractivity contribution in [2.75, 3.05) is 7.11 Å². The fourth-order valence-electron chi connectivity index (χ4n) is 2.69. The Morgan fingerprint density at radius 1 is 1.16 bits per heavy atom. The van der Waals surface area contributed by atoms with E-state index in [2.05, 4.69) is 0 Å². The summed E-state index contributed by atoms with van der Waals surface area (Å²) in [5.41, 5.74) is 4.43. The van der Waals surface area contributed by atoms with E-state index in [1.807, 2.05) is 13.8 Å². The number of carbonyl (C=O) groups excluding carboxylic acids is 1. The van der Waals surface area contributed by atoms with E-state index in [9.17, 15) is 4.79 Å². The van der Waals surface area contributed by atoms with Gasteiger partial charge in [0.1, 0.15) is 6.10 Å². The Hall–Kier alpha value is -0.890. The molecule has 2 aliphatic heterocycles. The maximum absolute atomic E-state index is 11.1. The number of rotatable bonds is 2. The number of hydrogen-bond donors (Lipinski definition) is 1. The van der Waals surface area contributed by atoms with Crippen LogP contribution in [-0.4, -0.2) is 49.2 Å². The van der Waals surface area contributed by atoms with Crippen LogP contribution in [0.5, 0.6) is 0 Å². The summed E-state index contributed by atoms with van der Waals surface area (Å²) in [4.78, 5) is 11.1. The first kappa shape index (κ1) is 14.5. The number of amides is 1. The van der Waals surface area contributed by atoms with E-state index in [4.69, 9.17) is 29.4 Å². The first-order chi connectivity index (χ1) is 8.66. The largest absolute Gasteiger partial charge is 0.440 e. The molecule has 2 saturated heterocycles. The van der Waals surface area contributed by atoms with Crippen molar-refractivity contribution < 1.29 is 28.5 Å². The number of carbonyl (C=O) groups is 1. The quantitative estimate of drug-likeness (QED) is 0.800. The van der Waals surface area contributed by atoms with Crippen LogP contribution in [0, 0.1) is 0 Å². The highest BCUT2D eigenvalue weighted by molar-refractivity contribution is 5.65. The van der Waals surface area contributed by atoms with Crippen molar-refractivity contribution in [1.29, 1.82) is 0 Å². The van der Waals surface area contributed by atoms with Gasteiger partial charge in [-0.1, -0.05) is 0 Å². The SMILES string of the molecule is CO[C@@H]1C(OC(N)=O)[C@H]2OC(C)(C)O[C@@H]2OC1(C)C. The van der Waals surface area contributed by atoms with Crippen molar-refractivity contribution in [3.8, 4) is 0 Å². The van der Waals surface area contributed by atoms with E-state index >= 15 is 0 Å². The van der Waals surface area contributed by atoms with E-state index in [1.165, 1.54) is 7.11 Å². The van der Waals surface area contributed by atoms with Gasteiger partial charge in [0.25, 0.3) is 0 Å². The van der Waals surface area contributed by atoms with Gasteiger partial charge in [0.05, 0.1) is 5.60 Å². The number of methoxy groups -OCH3 is 1. The maximum atomic E-state index is 11.1. The molecule has 0 saturated carbocycles. The van der Waals surface area contributed by atoms with Crippen molar-refractivity contribution in [2.24, 2.45) is 5.73 Å².